The van der Waals surface area contributed by atoms with Crippen LogP contribution in [0, 0.1) is 0 Å². The fourth-order valence-corrected chi connectivity index (χ4v) is 6.73. The molecule has 3 rings (SSSR count). The topological polar surface area (TPSA) is 98.2 Å². The molecule has 14 heteroatoms. The number of piperidine rings is 1. The van der Waals surface area contributed by atoms with Gasteiger partial charge in [-0.05, 0) is 61.7 Å². The van der Waals surface area contributed by atoms with Crippen LogP contribution in [0.2, 0.25) is 10.0 Å². The molecular formula is C26H30Cl2F3N3O5S. The summed E-state index contributed by atoms with van der Waals surface area (Å²) in [6, 6.07) is 5.33. The summed E-state index contributed by atoms with van der Waals surface area (Å²) in [7, 11) is -1.13. The molecule has 0 saturated carbocycles. The number of sulfone groups is 1. The molecule has 8 nitrogen and oxygen atoms in total. The lowest BCUT2D eigenvalue weighted by Gasteiger charge is -2.37. The standard InChI is InChI=1S/C26H30Cl2F3N3O5S/c1-4-10-40(38,39)23-8-7-17(27)13-22(23)33(3)24(35)16-11-20(26(29,30)31)19(21(28)12-16)15-34-9-5-6-18(14-34)32(2)25(36)37/h7-8,11-13,18H,4-6,9-10,14-15H2,1-3H3,(H,36,37)/t18-/m0/s1. The zero-order valence-corrected chi connectivity index (χ0v) is 24.5. The molecule has 1 saturated heterocycles. The van der Waals surface area contributed by atoms with Crippen molar-refractivity contribution in [3.8, 4) is 0 Å². The minimum Gasteiger partial charge on any atom is -0.465 e. The van der Waals surface area contributed by atoms with Crippen LogP contribution in [0.15, 0.2) is 35.2 Å². The molecule has 0 aromatic heterocycles. The van der Waals surface area contributed by atoms with Crippen LogP contribution in [-0.4, -0.2) is 74.3 Å². The van der Waals surface area contributed by atoms with Gasteiger partial charge < -0.3 is 14.9 Å². The Kier molecular flexibility index (Phi) is 10.0. The van der Waals surface area contributed by atoms with E-state index in [0.717, 1.165) is 15.9 Å². The molecule has 0 radical (unpaired) electrons. The van der Waals surface area contributed by atoms with Crippen LogP contribution in [0.4, 0.5) is 23.7 Å². The smallest absolute Gasteiger partial charge is 0.416 e. The lowest BCUT2D eigenvalue weighted by molar-refractivity contribution is -0.138. The first-order chi connectivity index (χ1) is 18.6. The molecule has 0 aliphatic carbocycles. The Morgan fingerprint density at radius 1 is 1.15 bits per heavy atom. The van der Waals surface area contributed by atoms with Gasteiger partial charge in [0.1, 0.15) is 0 Å². The van der Waals surface area contributed by atoms with Crippen LogP contribution in [-0.2, 0) is 22.6 Å². The Balaban J connectivity index is 1.99. The molecule has 1 aliphatic heterocycles. The predicted octanol–water partition coefficient (Wildman–Crippen LogP) is 6.05. The molecule has 0 spiro atoms. The number of rotatable bonds is 8. The van der Waals surface area contributed by atoms with Crippen molar-refractivity contribution in [1.29, 1.82) is 0 Å². The molecule has 2 aromatic rings. The Labute approximate surface area is 241 Å². The Morgan fingerprint density at radius 2 is 1.82 bits per heavy atom. The van der Waals surface area contributed by atoms with E-state index in [-0.39, 0.29) is 56.6 Å². The number of amides is 2. The largest absolute Gasteiger partial charge is 0.465 e. The maximum absolute atomic E-state index is 14.2. The fourth-order valence-electron chi connectivity index (χ4n) is 4.74. The SMILES string of the molecule is CCCS(=O)(=O)c1ccc(Cl)cc1N(C)C(=O)c1cc(Cl)c(CN2CCC[C@H](N(C)C(=O)O)C2)c(C(F)(F)F)c1. The minimum atomic E-state index is -4.85. The summed E-state index contributed by atoms with van der Waals surface area (Å²) in [4.78, 5) is 28.4. The number of carbonyl (C=O) groups is 2. The molecule has 0 bridgehead atoms. The van der Waals surface area contributed by atoms with Crippen molar-refractivity contribution in [2.24, 2.45) is 0 Å². The van der Waals surface area contributed by atoms with Crippen LogP contribution in [0.5, 0.6) is 0 Å². The highest BCUT2D eigenvalue weighted by Gasteiger charge is 2.37. The number of nitrogens with zero attached hydrogens (tertiary/aromatic N) is 3. The number of likely N-dealkylation sites (N-methyl/N-ethyl adjacent to an activating group) is 1. The van der Waals surface area contributed by atoms with E-state index in [4.69, 9.17) is 23.2 Å². The van der Waals surface area contributed by atoms with Gasteiger partial charge in [-0.3, -0.25) is 9.69 Å². The number of anilines is 1. The van der Waals surface area contributed by atoms with E-state index in [9.17, 15) is 36.3 Å². The second-order valence-corrected chi connectivity index (χ2v) is 12.6. The van der Waals surface area contributed by atoms with Gasteiger partial charge in [0.15, 0.2) is 9.84 Å². The number of benzene rings is 2. The molecule has 1 fully saturated rings. The van der Waals surface area contributed by atoms with Crippen LogP contribution in [0.1, 0.15) is 47.7 Å². The molecule has 1 heterocycles. The van der Waals surface area contributed by atoms with Crippen molar-refractivity contribution in [1.82, 2.24) is 9.80 Å². The number of alkyl halides is 3. The number of hydrogen-bond acceptors (Lipinski definition) is 5. The van der Waals surface area contributed by atoms with E-state index < -0.39 is 33.6 Å². The second kappa shape index (κ2) is 12.5. The fraction of sp³-hybridized carbons (Fsp3) is 0.462. The van der Waals surface area contributed by atoms with E-state index in [1.165, 1.54) is 32.3 Å². The maximum atomic E-state index is 14.2. The summed E-state index contributed by atoms with van der Waals surface area (Å²) in [6.07, 6.45) is -4.49. The van der Waals surface area contributed by atoms with Crippen molar-refractivity contribution < 1.29 is 36.3 Å². The van der Waals surface area contributed by atoms with E-state index in [2.05, 4.69) is 0 Å². The number of carbonyl (C=O) groups excluding carboxylic acids is 1. The Morgan fingerprint density at radius 3 is 2.42 bits per heavy atom. The summed E-state index contributed by atoms with van der Waals surface area (Å²) in [5, 5.41) is 9.13. The highest BCUT2D eigenvalue weighted by atomic mass is 35.5. The van der Waals surface area contributed by atoms with Crippen molar-refractivity contribution in [3.05, 3.63) is 57.1 Å². The van der Waals surface area contributed by atoms with Gasteiger partial charge in [0.25, 0.3) is 5.91 Å². The summed E-state index contributed by atoms with van der Waals surface area (Å²) >= 11 is 12.4. The minimum absolute atomic E-state index is 0.0679. The average Bonchev–Trinajstić information content (AvgIpc) is 2.87. The molecule has 40 heavy (non-hydrogen) atoms. The van der Waals surface area contributed by atoms with Gasteiger partial charge in [-0.2, -0.15) is 13.2 Å². The third kappa shape index (κ3) is 7.20. The van der Waals surface area contributed by atoms with Gasteiger partial charge in [0.2, 0.25) is 0 Å². The van der Waals surface area contributed by atoms with Gasteiger partial charge in [0.05, 0.1) is 21.9 Å². The summed E-state index contributed by atoms with van der Waals surface area (Å²) in [5.41, 5.74) is -1.79. The van der Waals surface area contributed by atoms with Crippen LogP contribution < -0.4 is 4.90 Å². The number of carboxylic acid groups (broad SMARTS) is 1. The molecular weight excluding hydrogens is 594 g/mol. The van der Waals surface area contributed by atoms with Gasteiger partial charge in [-0.25, -0.2) is 13.2 Å². The van der Waals surface area contributed by atoms with E-state index in [0.29, 0.717) is 31.9 Å². The van der Waals surface area contributed by atoms with Crippen molar-refractivity contribution >= 4 is 50.7 Å². The normalized spacial score (nSPS) is 16.6. The Bertz CT molecular complexity index is 1390. The van der Waals surface area contributed by atoms with E-state index >= 15 is 0 Å². The molecule has 2 aromatic carbocycles. The lowest BCUT2D eigenvalue weighted by atomic mass is 9.99. The first kappa shape index (κ1) is 32.0. The summed E-state index contributed by atoms with van der Waals surface area (Å²) in [5.74, 6) is -1.10. The van der Waals surface area contributed by atoms with Crippen LogP contribution in [0.25, 0.3) is 0 Å². The van der Waals surface area contributed by atoms with Crippen molar-refractivity contribution in [2.75, 3.05) is 37.8 Å². The molecule has 2 amide bonds. The van der Waals surface area contributed by atoms with Gasteiger partial charge >= 0.3 is 12.3 Å². The maximum Gasteiger partial charge on any atom is 0.416 e. The zero-order valence-electron chi connectivity index (χ0n) is 22.1. The first-order valence-corrected chi connectivity index (χ1v) is 14.9. The highest BCUT2D eigenvalue weighted by Crippen LogP contribution is 2.38. The first-order valence-electron chi connectivity index (χ1n) is 12.4. The van der Waals surface area contributed by atoms with Gasteiger partial charge in [0, 0.05) is 48.8 Å². The van der Waals surface area contributed by atoms with Crippen molar-refractivity contribution in [3.63, 3.8) is 0 Å². The number of likely N-dealkylation sites (tertiary alicyclic amines) is 1. The number of hydrogen-bond donors (Lipinski definition) is 1. The van der Waals surface area contributed by atoms with Gasteiger partial charge in [-0.15, -0.1) is 0 Å². The molecule has 0 unspecified atom stereocenters. The zero-order chi connectivity index (χ0) is 30.0. The lowest BCUT2D eigenvalue weighted by Crippen LogP contribution is -2.48. The Hall–Kier alpha value is -2.54. The third-order valence-electron chi connectivity index (χ3n) is 6.85. The van der Waals surface area contributed by atoms with Crippen LogP contribution in [0.3, 0.4) is 0 Å². The van der Waals surface area contributed by atoms with E-state index in [1.807, 2.05) is 0 Å². The summed E-state index contributed by atoms with van der Waals surface area (Å²) < 4.78 is 68.3. The summed E-state index contributed by atoms with van der Waals surface area (Å²) in [6.45, 7) is 2.16. The van der Waals surface area contributed by atoms with E-state index in [1.54, 1.807) is 11.8 Å². The monoisotopic (exact) mass is 623 g/mol. The second-order valence-electron chi connectivity index (χ2n) is 9.70. The number of halogens is 5. The van der Waals surface area contributed by atoms with Crippen LogP contribution >= 0.6 is 23.2 Å². The van der Waals surface area contributed by atoms with Crippen molar-refractivity contribution in [2.45, 2.75) is 49.8 Å². The predicted molar refractivity (Wildman–Crippen MR) is 147 cm³/mol. The average molecular weight is 625 g/mol. The molecule has 220 valence electrons. The molecule has 1 atom stereocenters. The highest BCUT2D eigenvalue weighted by molar-refractivity contribution is 7.91. The third-order valence-corrected chi connectivity index (χ3v) is 9.39. The quantitative estimate of drug-likeness (QED) is 0.385. The van der Waals surface area contributed by atoms with Gasteiger partial charge in [-0.1, -0.05) is 30.1 Å². The molecule has 1 aliphatic rings. The molecule has 1 N–H and O–H groups in total.